The summed E-state index contributed by atoms with van der Waals surface area (Å²) < 4.78 is 5.33. The summed E-state index contributed by atoms with van der Waals surface area (Å²) in [6.45, 7) is 0. The molecule has 1 N–H and O–H groups in total. The number of hydrogen-bond donors (Lipinski definition) is 1. The molecule has 0 spiro atoms. The van der Waals surface area contributed by atoms with Gasteiger partial charge < -0.3 is 10.1 Å². The van der Waals surface area contributed by atoms with Crippen molar-refractivity contribution in [3.05, 3.63) is 58.2 Å². The van der Waals surface area contributed by atoms with E-state index in [2.05, 4.69) is 16.4 Å². The number of benzene rings is 2. The van der Waals surface area contributed by atoms with Crippen LogP contribution < -0.4 is 10.1 Å². The van der Waals surface area contributed by atoms with Crippen molar-refractivity contribution in [2.24, 2.45) is 0 Å². The van der Waals surface area contributed by atoms with Crippen LogP contribution >= 0.6 is 23.2 Å². The van der Waals surface area contributed by atoms with Gasteiger partial charge in [-0.3, -0.25) is 4.98 Å². The lowest BCUT2D eigenvalue weighted by atomic mass is 10.1. The van der Waals surface area contributed by atoms with Crippen molar-refractivity contribution in [2.45, 2.75) is 0 Å². The Morgan fingerprint density at radius 1 is 1.22 bits per heavy atom. The molecule has 1 aromatic heterocycles. The van der Waals surface area contributed by atoms with Crippen LogP contribution in [0.4, 0.5) is 11.4 Å². The Morgan fingerprint density at radius 3 is 2.74 bits per heavy atom. The Balaban J connectivity index is 2.21. The van der Waals surface area contributed by atoms with Crippen LogP contribution in [0.1, 0.15) is 5.56 Å². The van der Waals surface area contributed by atoms with Crippen LogP contribution in [0.3, 0.4) is 0 Å². The molecule has 2 aromatic carbocycles. The molecule has 0 saturated heterocycles. The number of nitrogens with one attached hydrogen (secondary N) is 1. The van der Waals surface area contributed by atoms with Gasteiger partial charge in [0, 0.05) is 16.6 Å². The third-order valence-corrected chi connectivity index (χ3v) is 3.94. The summed E-state index contributed by atoms with van der Waals surface area (Å²) in [6.07, 6.45) is 1.51. The standard InChI is InChI=1S/C17H11Cl2N3O/c1-23-15-4-2-3-12-16(10(8-20)9-21-17(12)15)22-14-6-5-11(18)7-13(14)19/h2-7,9H,1H3,(H,21,22). The largest absolute Gasteiger partial charge is 0.494 e. The molecular formula is C17H11Cl2N3O. The Bertz CT molecular complexity index is 935. The van der Waals surface area contributed by atoms with E-state index in [1.54, 1.807) is 25.3 Å². The van der Waals surface area contributed by atoms with E-state index in [0.29, 0.717) is 38.2 Å². The highest BCUT2D eigenvalue weighted by Crippen LogP contribution is 2.35. The number of para-hydroxylation sites is 1. The van der Waals surface area contributed by atoms with E-state index in [4.69, 9.17) is 27.9 Å². The smallest absolute Gasteiger partial charge is 0.145 e. The lowest BCUT2D eigenvalue weighted by Crippen LogP contribution is -1.98. The molecule has 0 unspecified atom stereocenters. The average Bonchev–Trinajstić information content (AvgIpc) is 2.56. The molecule has 0 amide bonds. The molecule has 0 fully saturated rings. The van der Waals surface area contributed by atoms with Crippen molar-refractivity contribution in [2.75, 3.05) is 12.4 Å². The summed E-state index contributed by atoms with van der Waals surface area (Å²) in [5.41, 5.74) is 2.36. The zero-order chi connectivity index (χ0) is 16.4. The lowest BCUT2D eigenvalue weighted by Gasteiger charge is -2.14. The first kappa shape index (κ1) is 15.4. The number of methoxy groups -OCH3 is 1. The molecule has 0 radical (unpaired) electrons. The number of rotatable bonds is 3. The Morgan fingerprint density at radius 2 is 2.04 bits per heavy atom. The second kappa shape index (κ2) is 6.33. The number of aromatic nitrogens is 1. The minimum atomic E-state index is 0.414. The van der Waals surface area contributed by atoms with Crippen LogP contribution in [0, 0.1) is 11.3 Å². The first-order valence-corrected chi connectivity index (χ1v) is 7.47. The van der Waals surface area contributed by atoms with Gasteiger partial charge in [-0.25, -0.2) is 0 Å². The van der Waals surface area contributed by atoms with Gasteiger partial charge in [-0.15, -0.1) is 0 Å². The SMILES string of the molecule is COc1cccc2c(Nc3ccc(Cl)cc3Cl)c(C#N)cnc12. The highest BCUT2D eigenvalue weighted by Gasteiger charge is 2.13. The van der Waals surface area contributed by atoms with Gasteiger partial charge in [-0.2, -0.15) is 5.26 Å². The fraction of sp³-hybridized carbons (Fsp3) is 0.0588. The predicted octanol–water partition coefficient (Wildman–Crippen LogP) is 5.17. The average molecular weight is 344 g/mol. The second-order valence-electron chi connectivity index (χ2n) is 4.76. The number of ether oxygens (including phenoxy) is 1. The lowest BCUT2D eigenvalue weighted by molar-refractivity contribution is 0.419. The number of hydrogen-bond acceptors (Lipinski definition) is 4. The summed E-state index contributed by atoms with van der Waals surface area (Å²) in [7, 11) is 1.58. The monoisotopic (exact) mass is 343 g/mol. The van der Waals surface area contributed by atoms with Gasteiger partial charge in [0.15, 0.2) is 0 Å². The molecule has 4 nitrogen and oxygen atoms in total. The molecule has 0 bridgehead atoms. The van der Waals surface area contributed by atoms with Gasteiger partial charge in [0.1, 0.15) is 17.3 Å². The van der Waals surface area contributed by atoms with E-state index in [1.807, 2.05) is 18.2 Å². The summed E-state index contributed by atoms with van der Waals surface area (Å²) in [5.74, 6) is 0.636. The fourth-order valence-corrected chi connectivity index (χ4v) is 2.76. The Labute approximate surface area is 143 Å². The normalized spacial score (nSPS) is 10.3. The first-order valence-electron chi connectivity index (χ1n) is 6.72. The molecule has 3 rings (SSSR count). The van der Waals surface area contributed by atoms with Crippen molar-refractivity contribution in [3.8, 4) is 11.8 Å². The molecular weight excluding hydrogens is 333 g/mol. The minimum absolute atomic E-state index is 0.414. The summed E-state index contributed by atoms with van der Waals surface area (Å²) in [6, 6.07) is 12.8. The number of nitrogens with zero attached hydrogens (tertiary/aromatic N) is 2. The summed E-state index contributed by atoms with van der Waals surface area (Å²) >= 11 is 12.1. The molecule has 23 heavy (non-hydrogen) atoms. The van der Waals surface area contributed by atoms with Gasteiger partial charge in [0.2, 0.25) is 0 Å². The second-order valence-corrected chi connectivity index (χ2v) is 5.61. The van der Waals surface area contributed by atoms with Crippen molar-refractivity contribution in [1.29, 1.82) is 5.26 Å². The summed E-state index contributed by atoms with van der Waals surface area (Å²) in [4.78, 5) is 4.32. The van der Waals surface area contributed by atoms with Crippen molar-refractivity contribution < 1.29 is 4.74 Å². The van der Waals surface area contributed by atoms with Crippen LogP contribution in [0.5, 0.6) is 5.75 Å². The quantitative estimate of drug-likeness (QED) is 0.712. The molecule has 0 aliphatic carbocycles. The number of nitriles is 1. The highest BCUT2D eigenvalue weighted by molar-refractivity contribution is 6.36. The predicted molar refractivity (Wildman–Crippen MR) is 92.8 cm³/mol. The maximum Gasteiger partial charge on any atom is 0.145 e. The van der Waals surface area contributed by atoms with Crippen LogP contribution in [0.15, 0.2) is 42.6 Å². The molecule has 114 valence electrons. The minimum Gasteiger partial charge on any atom is -0.494 e. The third-order valence-electron chi connectivity index (χ3n) is 3.39. The van der Waals surface area contributed by atoms with E-state index in [9.17, 15) is 5.26 Å². The number of pyridine rings is 1. The highest BCUT2D eigenvalue weighted by atomic mass is 35.5. The topological polar surface area (TPSA) is 57.9 Å². The Kier molecular flexibility index (Phi) is 4.24. The van der Waals surface area contributed by atoms with Crippen molar-refractivity contribution in [3.63, 3.8) is 0 Å². The molecule has 0 aliphatic heterocycles. The zero-order valence-corrected chi connectivity index (χ0v) is 13.6. The van der Waals surface area contributed by atoms with Crippen LogP contribution in [0.25, 0.3) is 10.9 Å². The molecule has 0 saturated carbocycles. The van der Waals surface area contributed by atoms with Crippen molar-refractivity contribution in [1.82, 2.24) is 4.98 Å². The van der Waals surface area contributed by atoms with E-state index >= 15 is 0 Å². The van der Waals surface area contributed by atoms with Crippen LogP contribution in [-0.4, -0.2) is 12.1 Å². The van der Waals surface area contributed by atoms with Gasteiger partial charge in [-0.1, -0.05) is 35.3 Å². The van der Waals surface area contributed by atoms with E-state index < -0.39 is 0 Å². The van der Waals surface area contributed by atoms with Gasteiger partial charge in [-0.05, 0) is 24.3 Å². The van der Waals surface area contributed by atoms with Gasteiger partial charge in [0.25, 0.3) is 0 Å². The van der Waals surface area contributed by atoms with E-state index in [-0.39, 0.29) is 0 Å². The van der Waals surface area contributed by atoms with Crippen molar-refractivity contribution >= 4 is 45.5 Å². The van der Waals surface area contributed by atoms with E-state index in [1.165, 1.54) is 6.20 Å². The van der Waals surface area contributed by atoms with Gasteiger partial charge in [0.05, 0.1) is 29.1 Å². The van der Waals surface area contributed by atoms with Crippen LogP contribution in [-0.2, 0) is 0 Å². The van der Waals surface area contributed by atoms with E-state index in [0.717, 1.165) is 5.39 Å². The fourth-order valence-electron chi connectivity index (χ4n) is 2.31. The maximum absolute atomic E-state index is 9.38. The number of halogens is 2. The van der Waals surface area contributed by atoms with Crippen LogP contribution in [0.2, 0.25) is 10.0 Å². The third kappa shape index (κ3) is 2.89. The summed E-state index contributed by atoms with van der Waals surface area (Å²) in [5, 5.41) is 14.4. The zero-order valence-electron chi connectivity index (χ0n) is 12.1. The Hall–Kier alpha value is -2.48. The van der Waals surface area contributed by atoms with Gasteiger partial charge >= 0.3 is 0 Å². The number of fused-ring (bicyclic) bond motifs is 1. The molecule has 1 heterocycles. The first-order chi connectivity index (χ1) is 11.1. The number of anilines is 2. The molecule has 0 aliphatic rings. The molecule has 0 atom stereocenters. The molecule has 3 aromatic rings. The molecule has 6 heteroatoms. The maximum atomic E-state index is 9.38.